The molecule has 7 heteroatoms. The van der Waals surface area contributed by atoms with Crippen LogP contribution in [0, 0.1) is 0 Å². The first-order valence-electron chi connectivity index (χ1n) is 7.58. The molecule has 0 spiro atoms. The number of ether oxygens (including phenoxy) is 1. The van der Waals surface area contributed by atoms with Crippen molar-refractivity contribution in [2.24, 2.45) is 0 Å². The Balaban J connectivity index is 2.45. The van der Waals surface area contributed by atoms with E-state index in [0.29, 0.717) is 18.1 Å². The van der Waals surface area contributed by atoms with Crippen LogP contribution in [0.5, 0.6) is 5.75 Å². The van der Waals surface area contributed by atoms with Gasteiger partial charge in [-0.25, -0.2) is 0 Å². The Morgan fingerprint density at radius 3 is 2.52 bits per heavy atom. The van der Waals surface area contributed by atoms with Gasteiger partial charge in [-0.05, 0) is 36.2 Å². The van der Waals surface area contributed by atoms with Crippen LogP contribution in [-0.4, -0.2) is 23.5 Å². The van der Waals surface area contributed by atoms with Crippen LogP contribution in [0.3, 0.4) is 0 Å². The topological polar surface area (TPSA) is 79.5 Å². The minimum atomic E-state index is -0.392. The fourth-order valence-electron chi connectivity index (χ4n) is 1.79. The molecule has 0 aliphatic heterocycles. The smallest absolute Gasteiger partial charge is 0.276 e. The highest BCUT2D eigenvalue weighted by atomic mass is 32.1. The van der Waals surface area contributed by atoms with Gasteiger partial charge < -0.3 is 10.1 Å². The molecule has 6 nitrogen and oxygen atoms in total. The zero-order valence-electron chi connectivity index (χ0n) is 13.6. The molecule has 1 unspecified atom stereocenters. The molecular formula is C16H23N3O3S. The van der Waals surface area contributed by atoms with E-state index in [1.54, 1.807) is 6.92 Å². The van der Waals surface area contributed by atoms with Crippen molar-refractivity contribution in [3.05, 3.63) is 29.8 Å². The maximum atomic E-state index is 11.8. The van der Waals surface area contributed by atoms with Crippen LogP contribution in [0.15, 0.2) is 24.3 Å². The second-order valence-corrected chi connectivity index (χ2v) is 5.45. The van der Waals surface area contributed by atoms with E-state index in [-0.39, 0.29) is 17.6 Å². The quantitative estimate of drug-likeness (QED) is 0.547. The lowest BCUT2D eigenvalue weighted by atomic mass is 9.98. The third-order valence-corrected chi connectivity index (χ3v) is 3.51. The van der Waals surface area contributed by atoms with Gasteiger partial charge in [-0.15, -0.1) is 0 Å². The minimum Gasteiger partial charge on any atom is -0.483 e. The number of amides is 2. The van der Waals surface area contributed by atoms with E-state index in [1.807, 2.05) is 24.3 Å². The van der Waals surface area contributed by atoms with E-state index in [1.165, 1.54) is 0 Å². The van der Waals surface area contributed by atoms with Crippen molar-refractivity contribution in [3.8, 4) is 5.75 Å². The molecule has 0 bridgehead atoms. The summed E-state index contributed by atoms with van der Waals surface area (Å²) in [4.78, 5) is 22.9. The molecule has 2 amide bonds. The third kappa shape index (κ3) is 6.65. The zero-order valence-corrected chi connectivity index (χ0v) is 14.5. The number of carbonyl (C=O) groups excluding carboxylic acids is 2. The largest absolute Gasteiger partial charge is 0.483 e. The highest BCUT2D eigenvalue weighted by Crippen LogP contribution is 2.28. The van der Waals surface area contributed by atoms with Crippen molar-refractivity contribution in [1.29, 1.82) is 0 Å². The molecule has 1 aromatic carbocycles. The van der Waals surface area contributed by atoms with E-state index in [0.717, 1.165) is 12.0 Å². The average Bonchev–Trinajstić information content (AvgIpc) is 2.57. The molecule has 0 fully saturated rings. The molecule has 0 radical (unpaired) electrons. The molecule has 1 rings (SSSR count). The Bertz CT molecular complexity index is 563. The highest BCUT2D eigenvalue weighted by Gasteiger charge is 2.11. The lowest BCUT2D eigenvalue weighted by molar-refractivity contribution is -0.124. The number of thiocarbonyl (C=S) groups is 1. The number of nitrogens with one attached hydrogen (secondary N) is 3. The maximum absolute atomic E-state index is 11.8. The fraction of sp³-hybridized carbons (Fsp3) is 0.438. The molecule has 126 valence electrons. The second kappa shape index (κ2) is 9.78. The number of hydrazine groups is 1. The van der Waals surface area contributed by atoms with Crippen LogP contribution in [-0.2, 0) is 9.59 Å². The predicted octanol–water partition coefficient (Wildman–Crippen LogP) is 2.01. The monoisotopic (exact) mass is 337 g/mol. The first-order valence-corrected chi connectivity index (χ1v) is 7.99. The number of hydrogen-bond donors (Lipinski definition) is 3. The Hall–Kier alpha value is -2.15. The summed E-state index contributed by atoms with van der Waals surface area (Å²) >= 11 is 4.86. The summed E-state index contributed by atoms with van der Waals surface area (Å²) in [5.41, 5.74) is 5.90. The molecule has 0 saturated heterocycles. The molecule has 0 aromatic heterocycles. The van der Waals surface area contributed by atoms with Gasteiger partial charge in [-0.3, -0.25) is 20.4 Å². The fourth-order valence-corrected chi connectivity index (χ4v) is 1.96. The van der Waals surface area contributed by atoms with E-state index >= 15 is 0 Å². The van der Waals surface area contributed by atoms with Crippen molar-refractivity contribution in [2.75, 3.05) is 6.61 Å². The molecule has 1 aromatic rings. The standard InChI is InChI=1S/C16H23N3O3S/c1-4-11(3)12-8-6-7-9-13(12)22-10-15(21)18-19-16(23)17-14(20)5-2/h6-9,11H,4-5,10H2,1-3H3,(H,18,21)(H2,17,19,20,23). The molecule has 0 aliphatic carbocycles. The van der Waals surface area contributed by atoms with Crippen molar-refractivity contribution >= 4 is 29.1 Å². The van der Waals surface area contributed by atoms with Gasteiger partial charge in [0.15, 0.2) is 11.7 Å². The highest BCUT2D eigenvalue weighted by molar-refractivity contribution is 7.80. The number of para-hydroxylation sites is 1. The van der Waals surface area contributed by atoms with Crippen LogP contribution >= 0.6 is 12.2 Å². The van der Waals surface area contributed by atoms with Crippen LogP contribution in [0.4, 0.5) is 0 Å². The molecule has 23 heavy (non-hydrogen) atoms. The van der Waals surface area contributed by atoms with Gasteiger partial charge in [0.1, 0.15) is 5.75 Å². The van der Waals surface area contributed by atoms with Gasteiger partial charge in [-0.2, -0.15) is 0 Å². The van der Waals surface area contributed by atoms with Crippen molar-refractivity contribution in [3.63, 3.8) is 0 Å². The molecule has 3 N–H and O–H groups in total. The lowest BCUT2D eigenvalue weighted by Gasteiger charge is -2.16. The molecule has 0 aliphatic rings. The number of benzene rings is 1. The van der Waals surface area contributed by atoms with Crippen molar-refractivity contribution < 1.29 is 14.3 Å². The number of hydrogen-bond acceptors (Lipinski definition) is 4. The Labute approximate surface area is 141 Å². The number of rotatable bonds is 6. The third-order valence-electron chi connectivity index (χ3n) is 3.31. The van der Waals surface area contributed by atoms with Crippen LogP contribution < -0.4 is 20.9 Å². The van der Waals surface area contributed by atoms with Gasteiger partial charge in [-0.1, -0.05) is 39.0 Å². The molecular weight excluding hydrogens is 314 g/mol. The summed E-state index contributed by atoms with van der Waals surface area (Å²) in [7, 11) is 0. The average molecular weight is 337 g/mol. The number of carbonyl (C=O) groups is 2. The summed E-state index contributed by atoms with van der Waals surface area (Å²) in [5.74, 6) is 0.426. The van der Waals surface area contributed by atoms with Gasteiger partial charge in [0.05, 0.1) is 0 Å². The van der Waals surface area contributed by atoms with E-state index in [2.05, 4.69) is 30.0 Å². The minimum absolute atomic E-state index is 0.0465. The second-order valence-electron chi connectivity index (χ2n) is 5.04. The van der Waals surface area contributed by atoms with Gasteiger partial charge in [0.2, 0.25) is 5.91 Å². The SMILES string of the molecule is CCC(=O)NC(=S)NNC(=O)COc1ccccc1C(C)CC. The summed E-state index contributed by atoms with van der Waals surface area (Å²) < 4.78 is 5.57. The molecule has 0 saturated carbocycles. The van der Waals surface area contributed by atoms with Gasteiger partial charge >= 0.3 is 0 Å². The normalized spacial score (nSPS) is 11.3. The van der Waals surface area contributed by atoms with Crippen molar-refractivity contribution in [1.82, 2.24) is 16.2 Å². The summed E-state index contributed by atoms with van der Waals surface area (Å²) in [6.45, 7) is 5.77. The lowest BCUT2D eigenvalue weighted by Crippen LogP contribution is -2.49. The van der Waals surface area contributed by atoms with Gasteiger partial charge in [0.25, 0.3) is 5.91 Å². The van der Waals surface area contributed by atoms with E-state index in [4.69, 9.17) is 17.0 Å². The Morgan fingerprint density at radius 2 is 1.87 bits per heavy atom. The van der Waals surface area contributed by atoms with Crippen molar-refractivity contribution in [2.45, 2.75) is 39.5 Å². The summed E-state index contributed by atoms with van der Waals surface area (Å²) in [6.07, 6.45) is 1.30. The first-order chi connectivity index (χ1) is 11.0. The first kappa shape index (κ1) is 18.9. The molecule has 0 heterocycles. The summed E-state index contributed by atoms with van der Waals surface area (Å²) in [5, 5.41) is 2.46. The Kier molecular flexibility index (Phi) is 8.04. The maximum Gasteiger partial charge on any atom is 0.276 e. The van der Waals surface area contributed by atoms with Crippen LogP contribution in [0.1, 0.15) is 45.1 Å². The summed E-state index contributed by atoms with van der Waals surface area (Å²) in [6, 6.07) is 7.65. The van der Waals surface area contributed by atoms with Gasteiger partial charge in [0, 0.05) is 6.42 Å². The van der Waals surface area contributed by atoms with E-state index < -0.39 is 5.91 Å². The molecule has 1 atom stereocenters. The van der Waals surface area contributed by atoms with E-state index in [9.17, 15) is 9.59 Å². The predicted molar refractivity (Wildman–Crippen MR) is 93.0 cm³/mol. The Morgan fingerprint density at radius 1 is 1.17 bits per heavy atom. The zero-order chi connectivity index (χ0) is 17.2. The van der Waals surface area contributed by atoms with Crippen LogP contribution in [0.25, 0.3) is 0 Å². The van der Waals surface area contributed by atoms with Crippen LogP contribution in [0.2, 0.25) is 0 Å².